The van der Waals surface area contributed by atoms with Crippen LogP contribution in [0.15, 0.2) is 115 Å². The van der Waals surface area contributed by atoms with Crippen molar-refractivity contribution in [2.24, 2.45) is 0 Å². The Morgan fingerprint density at radius 2 is 1.42 bits per heavy atom. The zero-order chi connectivity index (χ0) is 25.9. The maximum atomic E-state index is 4.68. The van der Waals surface area contributed by atoms with E-state index >= 15 is 0 Å². The molecule has 0 radical (unpaired) electrons. The molecule has 0 amide bonds. The normalized spacial score (nSPS) is 13.4. The number of hydrogen-bond acceptors (Lipinski definition) is 3. The molecule has 0 fully saturated rings. The summed E-state index contributed by atoms with van der Waals surface area (Å²) in [5.41, 5.74) is 9.38. The van der Waals surface area contributed by atoms with Gasteiger partial charge in [0.15, 0.2) is 0 Å². The largest absolute Gasteiger partial charge is 0.355 e. The summed E-state index contributed by atoms with van der Waals surface area (Å²) in [7, 11) is 2.16. The van der Waals surface area contributed by atoms with Gasteiger partial charge in [-0.1, -0.05) is 68.4 Å². The third-order valence-corrected chi connectivity index (χ3v) is 8.04. The Morgan fingerprint density at radius 3 is 2.26 bits per heavy atom. The van der Waals surface area contributed by atoms with E-state index in [0.717, 1.165) is 18.1 Å². The minimum atomic E-state index is -0.217. The Hall–Kier alpha value is -4.57. The molecule has 3 heterocycles. The van der Waals surface area contributed by atoms with Crippen molar-refractivity contribution in [3.8, 4) is 5.69 Å². The van der Waals surface area contributed by atoms with Gasteiger partial charge in [-0.05, 0) is 60.2 Å². The van der Waals surface area contributed by atoms with Crippen LogP contribution >= 0.6 is 0 Å². The number of anilines is 3. The van der Waals surface area contributed by atoms with Crippen molar-refractivity contribution in [1.82, 2.24) is 9.55 Å². The van der Waals surface area contributed by atoms with Crippen LogP contribution in [-0.2, 0) is 5.41 Å². The highest BCUT2D eigenvalue weighted by molar-refractivity contribution is 6.10. The lowest BCUT2D eigenvalue weighted by Crippen LogP contribution is -2.23. The molecule has 6 aromatic rings. The van der Waals surface area contributed by atoms with E-state index in [1.807, 2.05) is 12.3 Å². The fourth-order valence-corrected chi connectivity index (χ4v) is 5.92. The van der Waals surface area contributed by atoms with Gasteiger partial charge in [-0.3, -0.25) is 4.98 Å². The molecule has 2 aromatic heterocycles. The molecule has 0 unspecified atom stereocenters. The number of aromatic nitrogens is 2. The van der Waals surface area contributed by atoms with Crippen LogP contribution in [0.2, 0.25) is 0 Å². The predicted octanol–water partition coefficient (Wildman–Crippen LogP) is 8.05. The molecular formula is C34H30N4. The number of nitrogens with zero attached hydrogens (tertiary/aromatic N) is 4. The van der Waals surface area contributed by atoms with E-state index in [1.165, 1.54) is 44.4 Å². The number of pyridine rings is 1. The second-order valence-corrected chi connectivity index (χ2v) is 10.7. The van der Waals surface area contributed by atoms with Crippen molar-refractivity contribution in [1.29, 1.82) is 0 Å². The van der Waals surface area contributed by atoms with Gasteiger partial charge < -0.3 is 14.4 Å². The molecule has 1 aliphatic heterocycles. The highest BCUT2D eigenvalue weighted by Crippen LogP contribution is 2.42. The van der Waals surface area contributed by atoms with Crippen molar-refractivity contribution >= 4 is 38.9 Å². The first-order valence-electron chi connectivity index (χ1n) is 13.2. The Labute approximate surface area is 223 Å². The molecule has 0 aliphatic carbocycles. The highest BCUT2D eigenvalue weighted by Gasteiger charge is 2.26. The Kier molecular flexibility index (Phi) is 5.05. The summed E-state index contributed by atoms with van der Waals surface area (Å²) < 4.78 is 2.41. The average Bonchev–Trinajstić information content (AvgIpc) is 3.48. The summed E-state index contributed by atoms with van der Waals surface area (Å²) in [6.45, 7) is 5.33. The fourth-order valence-electron chi connectivity index (χ4n) is 5.92. The van der Waals surface area contributed by atoms with Crippen LogP contribution in [0.3, 0.4) is 0 Å². The molecule has 0 atom stereocenters. The van der Waals surface area contributed by atoms with Crippen molar-refractivity contribution in [3.05, 3.63) is 127 Å². The van der Waals surface area contributed by atoms with Crippen LogP contribution in [0.4, 0.5) is 17.1 Å². The van der Waals surface area contributed by atoms with Gasteiger partial charge in [-0.2, -0.15) is 0 Å². The minimum Gasteiger partial charge on any atom is -0.355 e. The lowest BCUT2D eigenvalue weighted by molar-refractivity contribution is 0.616. The standard InChI is InChI=1S/C34H30N4/c1-34(2,33-17-8-9-20-35-33)24-11-10-12-26(21-24)38-29-14-5-4-13-27(29)28-19-18-25(22-32(28)38)37-23-36(3)30-15-6-7-16-31(30)37/h4-22H,23H2,1-3H3. The zero-order valence-corrected chi connectivity index (χ0v) is 22.0. The van der Waals surface area contributed by atoms with Crippen molar-refractivity contribution in [2.45, 2.75) is 19.3 Å². The summed E-state index contributed by atoms with van der Waals surface area (Å²) >= 11 is 0. The lowest BCUT2D eigenvalue weighted by Gasteiger charge is -2.25. The lowest BCUT2D eigenvalue weighted by atomic mass is 9.81. The van der Waals surface area contributed by atoms with Gasteiger partial charge in [-0.15, -0.1) is 0 Å². The smallest absolute Gasteiger partial charge is 0.0950 e. The molecule has 7 rings (SSSR count). The molecule has 4 aromatic carbocycles. The first-order valence-corrected chi connectivity index (χ1v) is 13.2. The van der Waals surface area contributed by atoms with E-state index in [4.69, 9.17) is 0 Å². The molecule has 4 nitrogen and oxygen atoms in total. The fraction of sp³-hybridized carbons (Fsp3) is 0.147. The van der Waals surface area contributed by atoms with Gasteiger partial charge in [0.25, 0.3) is 0 Å². The number of benzene rings is 4. The summed E-state index contributed by atoms with van der Waals surface area (Å²) in [5.74, 6) is 0. The predicted molar refractivity (Wildman–Crippen MR) is 159 cm³/mol. The monoisotopic (exact) mass is 494 g/mol. The quantitative estimate of drug-likeness (QED) is 0.248. The molecule has 0 saturated heterocycles. The molecule has 0 spiro atoms. The number of para-hydroxylation sites is 3. The molecule has 38 heavy (non-hydrogen) atoms. The summed E-state index contributed by atoms with van der Waals surface area (Å²) in [5, 5.41) is 2.53. The van der Waals surface area contributed by atoms with Crippen LogP contribution in [0.5, 0.6) is 0 Å². The Morgan fingerprint density at radius 1 is 0.658 bits per heavy atom. The zero-order valence-electron chi connectivity index (χ0n) is 22.0. The van der Waals surface area contributed by atoms with Gasteiger partial charge in [0.2, 0.25) is 0 Å². The molecule has 0 N–H and O–H groups in total. The molecule has 186 valence electrons. The van der Waals surface area contributed by atoms with Gasteiger partial charge in [0.05, 0.1) is 34.8 Å². The molecule has 4 heteroatoms. The topological polar surface area (TPSA) is 24.3 Å². The maximum absolute atomic E-state index is 4.68. The summed E-state index contributed by atoms with van der Waals surface area (Å²) in [4.78, 5) is 9.39. The number of rotatable bonds is 4. The first kappa shape index (κ1) is 22.6. The van der Waals surface area contributed by atoms with Crippen molar-refractivity contribution < 1.29 is 0 Å². The van der Waals surface area contributed by atoms with E-state index < -0.39 is 0 Å². The van der Waals surface area contributed by atoms with E-state index in [1.54, 1.807) is 0 Å². The molecule has 0 bridgehead atoms. The van der Waals surface area contributed by atoms with Crippen LogP contribution < -0.4 is 9.80 Å². The van der Waals surface area contributed by atoms with Crippen LogP contribution in [0.1, 0.15) is 25.1 Å². The first-order chi connectivity index (χ1) is 18.5. The van der Waals surface area contributed by atoms with Gasteiger partial charge in [0.1, 0.15) is 0 Å². The summed E-state index contributed by atoms with van der Waals surface area (Å²) in [6.07, 6.45) is 1.88. The van der Waals surface area contributed by atoms with Crippen molar-refractivity contribution in [2.75, 3.05) is 23.5 Å². The van der Waals surface area contributed by atoms with E-state index in [0.29, 0.717) is 0 Å². The molecule has 1 aliphatic rings. The number of hydrogen-bond donors (Lipinski definition) is 0. The van der Waals surface area contributed by atoms with Crippen LogP contribution in [-0.4, -0.2) is 23.3 Å². The van der Waals surface area contributed by atoms with Crippen molar-refractivity contribution in [3.63, 3.8) is 0 Å². The van der Waals surface area contributed by atoms with Crippen LogP contribution in [0, 0.1) is 0 Å². The third kappa shape index (κ3) is 3.41. The van der Waals surface area contributed by atoms with E-state index in [-0.39, 0.29) is 5.41 Å². The Balaban J connectivity index is 1.42. The second kappa shape index (κ2) is 8.49. The highest BCUT2D eigenvalue weighted by atomic mass is 15.4. The van der Waals surface area contributed by atoms with E-state index in [9.17, 15) is 0 Å². The third-order valence-electron chi connectivity index (χ3n) is 8.04. The van der Waals surface area contributed by atoms with Gasteiger partial charge in [0, 0.05) is 40.8 Å². The average molecular weight is 495 g/mol. The molecule has 0 saturated carbocycles. The number of fused-ring (bicyclic) bond motifs is 4. The van der Waals surface area contributed by atoms with Gasteiger partial charge in [-0.25, -0.2) is 0 Å². The van der Waals surface area contributed by atoms with E-state index in [2.05, 4.69) is 143 Å². The second-order valence-electron chi connectivity index (χ2n) is 10.7. The summed E-state index contributed by atoms with van der Waals surface area (Å²) in [6, 6.07) is 39.3. The molecular weight excluding hydrogens is 464 g/mol. The minimum absolute atomic E-state index is 0.217. The SMILES string of the molecule is CN1CN(c2ccc3c4ccccc4n(-c4cccc(C(C)(C)c5ccccn5)c4)c3c2)c2ccccc21. The van der Waals surface area contributed by atoms with Crippen LogP contribution in [0.25, 0.3) is 27.5 Å². The van der Waals surface area contributed by atoms with Gasteiger partial charge >= 0.3 is 0 Å². The maximum Gasteiger partial charge on any atom is 0.0950 e. The Bertz CT molecular complexity index is 1800.